The summed E-state index contributed by atoms with van der Waals surface area (Å²) in [7, 11) is 1.90. The smallest absolute Gasteiger partial charge is 0.202 e. The summed E-state index contributed by atoms with van der Waals surface area (Å²) in [6.07, 6.45) is 0. The van der Waals surface area contributed by atoms with E-state index in [0.29, 0.717) is 22.2 Å². The molecule has 0 fully saturated rings. The van der Waals surface area contributed by atoms with Gasteiger partial charge in [-0.15, -0.1) is 11.3 Å². The number of nitrogen functional groups attached to an aromatic ring is 1. The maximum absolute atomic E-state index is 11.4. The molecule has 0 unspecified atom stereocenters. The average Bonchev–Trinajstić information content (AvgIpc) is 2.56. The molecule has 0 amide bonds. The summed E-state index contributed by atoms with van der Waals surface area (Å²) in [5, 5.41) is 9.37. The van der Waals surface area contributed by atoms with Crippen molar-refractivity contribution in [2.45, 2.75) is 0 Å². The van der Waals surface area contributed by atoms with E-state index in [1.165, 1.54) is 11.3 Å². The van der Waals surface area contributed by atoms with Gasteiger partial charge >= 0.3 is 0 Å². The van der Waals surface area contributed by atoms with Crippen LogP contribution in [0.4, 0.5) is 10.7 Å². The molecule has 2 rings (SSSR count). The lowest BCUT2D eigenvalue weighted by molar-refractivity contribution is 0.0904. The molecule has 0 saturated carbocycles. The summed E-state index contributed by atoms with van der Waals surface area (Å²) in [5.74, 6) is 0.175. The zero-order valence-electron chi connectivity index (χ0n) is 8.32. The summed E-state index contributed by atoms with van der Waals surface area (Å²) < 4.78 is 5.43. The van der Waals surface area contributed by atoms with E-state index in [1.54, 1.807) is 0 Å². The SMILES string of the molecule is CN1CCOc2c(C(=O)CO)sc(N)c21. The Labute approximate surface area is 91.1 Å². The molecule has 0 spiro atoms. The molecule has 82 valence electrons. The third kappa shape index (κ3) is 1.55. The summed E-state index contributed by atoms with van der Waals surface area (Å²) in [5.41, 5.74) is 6.57. The Morgan fingerprint density at radius 2 is 2.47 bits per heavy atom. The van der Waals surface area contributed by atoms with Crippen LogP contribution < -0.4 is 15.4 Å². The standard InChI is InChI=1S/C9H12N2O3S/c1-11-2-3-14-7-6(11)9(10)15-8(7)5(13)4-12/h12H,2-4,10H2,1H3. The van der Waals surface area contributed by atoms with Crippen molar-refractivity contribution in [2.75, 3.05) is 37.4 Å². The van der Waals surface area contributed by atoms with Gasteiger partial charge < -0.3 is 20.5 Å². The number of anilines is 2. The second-order valence-corrected chi connectivity index (χ2v) is 4.38. The van der Waals surface area contributed by atoms with Crippen molar-refractivity contribution in [3.8, 4) is 5.75 Å². The van der Waals surface area contributed by atoms with Crippen LogP contribution in [0.2, 0.25) is 0 Å². The molecule has 0 atom stereocenters. The highest BCUT2D eigenvalue weighted by molar-refractivity contribution is 7.19. The number of carbonyl (C=O) groups is 1. The highest BCUT2D eigenvalue weighted by Gasteiger charge is 2.27. The predicted octanol–water partition coefficient (Wildman–Crippen LogP) is 0.334. The molecule has 1 aliphatic heterocycles. The molecular weight excluding hydrogens is 216 g/mol. The van der Waals surface area contributed by atoms with Gasteiger partial charge in [0.2, 0.25) is 5.78 Å². The van der Waals surface area contributed by atoms with Crippen LogP contribution in [0.3, 0.4) is 0 Å². The van der Waals surface area contributed by atoms with E-state index in [9.17, 15) is 4.79 Å². The summed E-state index contributed by atoms with van der Waals surface area (Å²) in [4.78, 5) is 13.8. The van der Waals surface area contributed by atoms with Gasteiger partial charge in [0.25, 0.3) is 0 Å². The Morgan fingerprint density at radius 3 is 3.13 bits per heavy atom. The monoisotopic (exact) mass is 228 g/mol. The lowest BCUT2D eigenvalue weighted by Crippen LogP contribution is -2.29. The molecule has 0 saturated heterocycles. The summed E-state index contributed by atoms with van der Waals surface area (Å²) in [6, 6.07) is 0. The van der Waals surface area contributed by atoms with Crippen LogP contribution >= 0.6 is 11.3 Å². The van der Waals surface area contributed by atoms with Gasteiger partial charge in [0.15, 0.2) is 5.75 Å². The second-order valence-electron chi connectivity index (χ2n) is 3.32. The van der Waals surface area contributed by atoms with Gasteiger partial charge in [-0.3, -0.25) is 4.79 Å². The largest absolute Gasteiger partial charge is 0.488 e. The molecule has 1 aliphatic rings. The number of thiophene rings is 1. The Kier molecular flexibility index (Phi) is 2.54. The molecule has 0 radical (unpaired) electrons. The third-order valence-electron chi connectivity index (χ3n) is 2.32. The third-order valence-corrected chi connectivity index (χ3v) is 3.35. The van der Waals surface area contributed by atoms with Crippen molar-refractivity contribution in [2.24, 2.45) is 0 Å². The van der Waals surface area contributed by atoms with Crippen LogP contribution in [0.15, 0.2) is 0 Å². The quantitative estimate of drug-likeness (QED) is 0.714. The Hall–Kier alpha value is -1.27. The molecule has 0 aliphatic carbocycles. The van der Waals surface area contributed by atoms with Crippen LogP contribution in [0, 0.1) is 0 Å². The fraction of sp³-hybridized carbons (Fsp3) is 0.444. The number of likely N-dealkylation sites (N-methyl/N-ethyl adjacent to an activating group) is 1. The van der Waals surface area contributed by atoms with Crippen LogP contribution in [0.25, 0.3) is 0 Å². The molecule has 0 aromatic carbocycles. The van der Waals surface area contributed by atoms with E-state index in [2.05, 4.69) is 0 Å². The first-order chi connectivity index (χ1) is 7.15. The molecule has 5 nitrogen and oxygen atoms in total. The van der Waals surface area contributed by atoms with Crippen molar-refractivity contribution in [3.63, 3.8) is 0 Å². The lowest BCUT2D eigenvalue weighted by Gasteiger charge is -2.25. The maximum Gasteiger partial charge on any atom is 0.202 e. The molecule has 2 heterocycles. The number of carbonyl (C=O) groups excluding carboxylic acids is 1. The van der Waals surface area contributed by atoms with Gasteiger partial charge in [-0.1, -0.05) is 0 Å². The molecule has 1 aromatic heterocycles. The van der Waals surface area contributed by atoms with Gasteiger partial charge in [0, 0.05) is 7.05 Å². The number of hydrogen-bond acceptors (Lipinski definition) is 6. The van der Waals surface area contributed by atoms with Gasteiger partial charge in [0.05, 0.1) is 6.54 Å². The fourth-order valence-electron chi connectivity index (χ4n) is 1.57. The zero-order valence-corrected chi connectivity index (χ0v) is 9.13. The number of rotatable bonds is 2. The van der Waals surface area contributed by atoms with E-state index in [-0.39, 0.29) is 5.78 Å². The van der Waals surface area contributed by atoms with Crippen molar-refractivity contribution in [1.29, 1.82) is 0 Å². The first-order valence-electron chi connectivity index (χ1n) is 4.55. The maximum atomic E-state index is 11.4. The number of aliphatic hydroxyl groups is 1. The Balaban J connectivity index is 2.51. The van der Waals surface area contributed by atoms with Crippen molar-refractivity contribution in [1.82, 2.24) is 0 Å². The Bertz CT molecular complexity index is 402. The van der Waals surface area contributed by atoms with Gasteiger partial charge in [-0.05, 0) is 0 Å². The Morgan fingerprint density at radius 1 is 1.73 bits per heavy atom. The fourth-order valence-corrected chi connectivity index (χ4v) is 2.56. The summed E-state index contributed by atoms with van der Waals surface area (Å²) in [6.45, 7) is 0.769. The first kappa shape index (κ1) is 10.3. The van der Waals surface area contributed by atoms with E-state index in [4.69, 9.17) is 15.6 Å². The molecular formula is C9H12N2O3S. The van der Waals surface area contributed by atoms with Crippen molar-refractivity contribution >= 4 is 27.8 Å². The second kappa shape index (κ2) is 3.71. The number of fused-ring (bicyclic) bond motifs is 1. The number of Topliss-reactive ketones (excluding diaryl/α,β-unsaturated/α-hetero) is 1. The topological polar surface area (TPSA) is 75.8 Å². The zero-order chi connectivity index (χ0) is 11.0. The number of nitrogens with zero attached hydrogens (tertiary/aromatic N) is 1. The minimum Gasteiger partial charge on any atom is -0.488 e. The lowest BCUT2D eigenvalue weighted by atomic mass is 10.2. The number of nitrogens with two attached hydrogens (primary N) is 1. The number of ether oxygens (including phenoxy) is 1. The van der Waals surface area contributed by atoms with Crippen molar-refractivity contribution < 1.29 is 14.6 Å². The summed E-state index contributed by atoms with van der Waals surface area (Å²) >= 11 is 1.17. The molecule has 3 N–H and O–H groups in total. The number of hydrogen-bond donors (Lipinski definition) is 2. The van der Waals surface area contributed by atoms with Crippen LogP contribution in [0.1, 0.15) is 9.67 Å². The minimum absolute atomic E-state index is 0.344. The van der Waals surface area contributed by atoms with Crippen LogP contribution in [-0.4, -0.2) is 37.7 Å². The van der Waals surface area contributed by atoms with Crippen molar-refractivity contribution in [3.05, 3.63) is 4.88 Å². The number of aliphatic hydroxyl groups excluding tert-OH is 1. The highest BCUT2D eigenvalue weighted by Crippen LogP contribution is 2.46. The van der Waals surface area contributed by atoms with Crippen LogP contribution in [0.5, 0.6) is 5.75 Å². The van der Waals surface area contributed by atoms with E-state index in [1.807, 2.05) is 11.9 Å². The average molecular weight is 228 g/mol. The highest BCUT2D eigenvalue weighted by atomic mass is 32.1. The van der Waals surface area contributed by atoms with Gasteiger partial charge in [-0.25, -0.2) is 0 Å². The molecule has 15 heavy (non-hydrogen) atoms. The normalized spacial score (nSPS) is 14.7. The number of ketones is 1. The molecule has 0 bridgehead atoms. The van der Waals surface area contributed by atoms with Crippen LogP contribution in [-0.2, 0) is 0 Å². The minimum atomic E-state index is -0.514. The van der Waals surface area contributed by atoms with E-state index >= 15 is 0 Å². The van der Waals surface area contributed by atoms with Gasteiger partial charge in [0.1, 0.15) is 28.8 Å². The predicted molar refractivity (Wildman–Crippen MR) is 58.9 cm³/mol. The first-order valence-corrected chi connectivity index (χ1v) is 5.37. The van der Waals surface area contributed by atoms with Gasteiger partial charge in [-0.2, -0.15) is 0 Å². The van der Waals surface area contributed by atoms with E-state index in [0.717, 1.165) is 12.2 Å². The molecule has 1 aromatic rings. The van der Waals surface area contributed by atoms with E-state index < -0.39 is 6.61 Å². The molecule has 6 heteroatoms.